The lowest BCUT2D eigenvalue weighted by Gasteiger charge is -2.30. The van der Waals surface area contributed by atoms with Gasteiger partial charge in [-0.15, -0.1) is 23.2 Å². The normalized spacial score (nSPS) is 11.6. The zero-order valence-corrected chi connectivity index (χ0v) is 14.2. The number of alkyl halides is 2. The van der Waals surface area contributed by atoms with Crippen molar-refractivity contribution in [3.63, 3.8) is 0 Å². The van der Waals surface area contributed by atoms with Crippen LogP contribution in [0.4, 0.5) is 0 Å². The van der Waals surface area contributed by atoms with E-state index in [1.165, 1.54) is 22.3 Å². The molecule has 0 aliphatic carbocycles. The SMILES string of the molecule is Cc1ccc(CC(CCl)(CCl)Cc2ccccc2)cc1C. The van der Waals surface area contributed by atoms with Gasteiger partial charge in [-0.2, -0.15) is 0 Å². The van der Waals surface area contributed by atoms with Crippen LogP contribution in [0.3, 0.4) is 0 Å². The molecule has 0 aliphatic rings. The summed E-state index contributed by atoms with van der Waals surface area (Å²) >= 11 is 12.6. The van der Waals surface area contributed by atoms with Crippen molar-refractivity contribution >= 4 is 23.2 Å². The third-order valence-corrected chi connectivity index (χ3v) is 5.27. The lowest BCUT2D eigenvalue weighted by molar-refractivity contribution is 0.374. The standard InChI is InChI=1S/C19H22Cl2/c1-15-8-9-18(10-16(15)2)12-19(13-20,14-21)11-17-6-4-3-5-7-17/h3-10H,11-14H2,1-2H3. The van der Waals surface area contributed by atoms with Crippen molar-refractivity contribution in [2.75, 3.05) is 11.8 Å². The Kier molecular flexibility index (Phi) is 5.72. The highest BCUT2D eigenvalue weighted by molar-refractivity contribution is 6.21. The summed E-state index contributed by atoms with van der Waals surface area (Å²) in [5.41, 5.74) is 5.17. The average molecular weight is 321 g/mol. The first kappa shape index (κ1) is 16.4. The highest BCUT2D eigenvalue weighted by atomic mass is 35.5. The molecule has 2 aromatic carbocycles. The Morgan fingerprint density at radius 2 is 1.38 bits per heavy atom. The van der Waals surface area contributed by atoms with Gasteiger partial charge in [-0.05, 0) is 48.9 Å². The third kappa shape index (κ3) is 4.25. The van der Waals surface area contributed by atoms with Gasteiger partial charge >= 0.3 is 0 Å². The van der Waals surface area contributed by atoms with Crippen molar-refractivity contribution in [3.05, 3.63) is 70.8 Å². The van der Waals surface area contributed by atoms with Gasteiger partial charge in [0.25, 0.3) is 0 Å². The summed E-state index contributed by atoms with van der Waals surface area (Å²) in [6, 6.07) is 17.1. The van der Waals surface area contributed by atoms with E-state index in [1.54, 1.807) is 0 Å². The molecule has 2 aromatic rings. The van der Waals surface area contributed by atoms with E-state index in [1.807, 2.05) is 6.07 Å². The number of halogens is 2. The Hall–Kier alpha value is -0.980. The maximum atomic E-state index is 6.31. The molecule has 0 aliphatic heterocycles. The number of rotatable bonds is 6. The van der Waals surface area contributed by atoms with E-state index in [0.29, 0.717) is 11.8 Å². The van der Waals surface area contributed by atoms with Crippen LogP contribution >= 0.6 is 23.2 Å². The fourth-order valence-electron chi connectivity index (χ4n) is 2.66. The summed E-state index contributed by atoms with van der Waals surface area (Å²) < 4.78 is 0. The van der Waals surface area contributed by atoms with Crippen molar-refractivity contribution < 1.29 is 0 Å². The Bertz CT molecular complexity index is 571. The minimum atomic E-state index is -0.0911. The average Bonchev–Trinajstić information content (AvgIpc) is 2.51. The van der Waals surface area contributed by atoms with Crippen molar-refractivity contribution in [2.24, 2.45) is 5.41 Å². The fraction of sp³-hybridized carbons (Fsp3) is 0.368. The molecule has 0 saturated heterocycles. The molecule has 0 saturated carbocycles. The van der Waals surface area contributed by atoms with Gasteiger partial charge in [-0.1, -0.05) is 48.5 Å². The number of aryl methyl sites for hydroxylation is 2. The highest BCUT2D eigenvalue weighted by Crippen LogP contribution is 2.31. The molecule has 0 atom stereocenters. The molecule has 0 unspecified atom stereocenters. The van der Waals surface area contributed by atoms with E-state index in [9.17, 15) is 0 Å². The van der Waals surface area contributed by atoms with Crippen molar-refractivity contribution in [3.8, 4) is 0 Å². The monoisotopic (exact) mass is 320 g/mol. The Labute approximate surface area is 138 Å². The Morgan fingerprint density at radius 1 is 0.762 bits per heavy atom. The second-order valence-electron chi connectivity index (χ2n) is 6.03. The van der Waals surface area contributed by atoms with Crippen LogP contribution in [-0.2, 0) is 12.8 Å². The van der Waals surface area contributed by atoms with E-state index >= 15 is 0 Å². The summed E-state index contributed by atoms with van der Waals surface area (Å²) in [6.45, 7) is 4.29. The van der Waals surface area contributed by atoms with E-state index in [2.05, 4.69) is 56.3 Å². The molecular weight excluding hydrogens is 299 g/mol. The van der Waals surface area contributed by atoms with Gasteiger partial charge < -0.3 is 0 Å². The quantitative estimate of drug-likeness (QED) is 0.612. The van der Waals surface area contributed by atoms with E-state index in [-0.39, 0.29) is 5.41 Å². The fourth-order valence-corrected chi connectivity index (χ4v) is 3.33. The molecule has 2 rings (SSSR count). The summed E-state index contributed by atoms with van der Waals surface area (Å²) in [4.78, 5) is 0. The minimum Gasteiger partial charge on any atom is -0.126 e. The molecule has 0 aromatic heterocycles. The predicted octanol–water partition coefficient (Wildman–Crippen LogP) is 5.55. The first-order valence-corrected chi connectivity index (χ1v) is 8.37. The zero-order valence-electron chi connectivity index (χ0n) is 12.7. The zero-order chi connectivity index (χ0) is 15.3. The lowest BCUT2D eigenvalue weighted by atomic mass is 9.79. The number of benzene rings is 2. The van der Waals surface area contributed by atoms with Gasteiger partial charge in [0.1, 0.15) is 0 Å². The third-order valence-electron chi connectivity index (χ3n) is 4.14. The molecule has 21 heavy (non-hydrogen) atoms. The van der Waals surface area contributed by atoms with Crippen molar-refractivity contribution in [2.45, 2.75) is 26.7 Å². The number of hydrogen-bond acceptors (Lipinski definition) is 0. The molecule has 112 valence electrons. The van der Waals surface area contributed by atoms with Gasteiger partial charge in [0.2, 0.25) is 0 Å². The van der Waals surface area contributed by atoms with Crippen LogP contribution in [0.25, 0.3) is 0 Å². The molecule has 0 N–H and O–H groups in total. The van der Waals surface area contributed by atoms with Gasteiger partial charge in [0.05, 0.1) is 0 Å². The maximum absolute atomic E-state index is 6.31. The first-order chi connectivity index (χ1) is 10.1. The van der Waals surface area contributed by atoms with E-state index in [0.717, 1.165) is 12.8 Å². The maximum Gasteiger partial charge on any atom is 0.0297 e. The molecule has 0 radical (unpaired) electrons. The molecular formula is C19H22Cl2. The van der Waals surface area contributed by atoms with Crippen LogP contribution in [0, 0.1) is 19.3 Å². The molecule has 0 heterocycles. The molecule has 2 heteroatoms. The van der Waals surface area contributed by atoms with Gasteiger partial charge in [0, 0.05) is 17.2 Å². The van der Waals surface area contributed by atoms with Crippen LogP contribution < -0.4 is 0 Å². The molecule has 0 nitrogen and oxygen atoms in total. The molecule has 0 amide bonds. The van der Waals surface area contributed by atoms with Gasteiger partial charge in [0.15, 0.2) is 0 Å². The topological polar surface area (TPSA) is 0 Å². The van der Waals surface area contributed by atoms with Crippen LogP contribution in [0.5, 0.6) is 0 Å². The van der Waals surface area contributed by atoms with E-state index in [4.69, 9.17) is 23.2 Å². The Balaban J connectivity index is 2.23. The van der Waals surface area contributed by atoms with Crippen LogP contribution in [0.1, 0.15) is 22.3 Å². The summed E-state index contributed by atoms with van der Waals surface area (Å²) in [5.74, 6) is 1.14. The van der Waals surface area contributed by atoms with Crippen molar-refractivity contribution in [1.82, 2.24) is 0 Å². The van der Waals surface area contributed by atoms with Crippen LogP contribution in [-0.4, -0.2) is 11.8 Å². The second-order valence-corrected chi connectivity index (χ2v) is 6.56. The van der Waals surface area contributed by atoms with E-state index < -0.39 is 0 Å². The second kappa shape index (κ2) is 7.33. The molecule has 0 fully saturated rings. The highest BCUT2D eigenvalue weighted by Gasteiger charge is 2.29. The molecule has 0 spiro atoms. The predicted molar refractivity (Wildman–Crippen MR) is 93.6 cm³/mol. The summed E-state index contributed by atoms with van der Waals surface area (Å²) in [6.07, 6.45) is 1.82. The largest absolute Gasteiger partial charge is 0.126 e. The molecule has 0 bridgehead atoms. The lowest BCUT2D eigenvalue weighted by Crippen LogP contribution is -2.31. The van der Waals surface area contributed by atoms with Gasteiger partial charge in [-0.3, -0.25) is 0 Å². The first-order valence-electron chi connectivity index (χ1n) is 7.30. The van der Waals surface area contributed by atoms with Crippen LogP contribution in [0.2, 0.25) is 0 Å². The Morgan fingerprint density at radius 3 is 1.95 bits per heavy atom. The van der Waals surface area contributed by atoms with Gasteiger partial charge in [-0.25, -0.2) is 0 Å². The summed E-state index contributed by atoms with van der Waals surface area (Å²) in [7, 11) is 0. The minimum absolute atomic E-state index is 0.0911. The summed E-state index contributed by atoms with van der Waals surface area (Å²) in [5, 5.41) is 0. The van der Waals surface area contributed by atoms with Crippen molar-refractivity contribution in [1.29, 1.82) is 0 Å². The smallest absolute Gasteiger partial charge is 0.0297 e. The number of hydrogen-bond donors (Lipinski definition) is 0. The van der Waals surface area contributed by atoms with Crippen LogP contribution in [0.15, 0.2) is 48.5 Å².